The van der Waals surface area contributed by atoms with Gasteiger partial charge < -0.3 is 14.6 Å². The Bertz CT molecular complexity index is 1140. The third kappa shape index (κ3) is 5.57. The highest BCUT2D eigenvalue weighted by Crippen LogP contribution is 2.12. The summed E-state index contributed by atoms with van der Waals surface area (Å²) in [5.41, 5.74) is 1.74. The minimum absolute atomic E-state index is 0.0300. The van der Waals surface area contributed by atoms with Gasteiger partial charge in [0, 0.05) is 17.9 Å². The van der Waals surface area contributed by atoms with Crippen molar-refractivity contribution >= 4 is 22.9 Å². The molecule has 3 rings (SSSR count). The van der Waals surface area contributed by atoms with E-state index in [0.29, 0.717) is 11.3 Å². The molecular formula is C24H27N3O4. The van der Waals surface area contributed by atoms with Crippen molar-refractivity contribution in [3.05, 3.63) is 75.7 Å². The van der Waals surface area contributed by atoms with E-state index in [2.05, 4.69) is 22.4 Å². The number of nitrogens with zero attached hydrogens (tertiary/aromatic N) is 2. The van der Waals surface area contributed by atoms with Gasteiger partial charge in [0.1, 0.15) is 17.8 Å². The molecule has 1 N–H and O–H groups in total. The Labute approximate surface area is 181 Å². The number of pyridine rings is 2. The highest BCUT2D eigenvalue weighted by atomic mass is 16.5. The highest BCUT2D eigenvalue weighted by Gasteiger charge is 2.19. The van der Waals surface area contributed by atoms with Crippen molar-refractivity contribution < 1.29 is 14.3 Å². The molecule has 3 aromatic rings. The lowest BCUT2D eigenvalue weighted by atomic mass is 10.1. The molecule has 0 fully saturated rings. The molecule has 0 saturated heterocycles. The molecule has 7 nitrogen and oxygen atoms in total. The van der Waals surface area contributed by atoms with Crippen LogP contribution >= 0.6 is 0 Å². The summed E-state index contributed by atoms with van der Waals surface area (Å²) in [4.78, 5) is 42.1. The number of hydrogen-bond acceptors (Lipinski definition) is 5. The lowest BCUT2D eigenvalue weighted by Crippen LogP contribution is -2.36. The number of benzene rings is 1. The van der Waals surface area contributed by atoms with Crippen molar-refractivity contribution in [2.75, 3.05) is 6.61 Å². The fourth-order valence-electron chi connectivity index (χ4n) is 3.41. The van der Waals surface area contributed by atoms with Crippen LogP contribution in [0.1, 0.15) is 41.9 Å². The Morgan fingerprint density at radius 2 is 1.90 bits per heavy atom. The van der Waals surface area contributed by atoms with Gasteiger partial charge in [-0.15, -0.1) is 0 Å². The van der Waals surface area contributed by atoms with E-state index in [1.165, 1.54) is 16.3 Å². The third-order valence-electron chi connectivity index (χ3n) is 4.99. The van der Waals surface area contributed by atoms with Crippen LogP contribution in [0.4, 0.5) is 0 Å². The van der Waals surface area contributed by atoms with E-state index in [9.17, 15) is 14.4 Å². The molecule has 0 radical (unpaired) electrons. The van der Waals surface area contributed by atoms with Crippen LogP contribution in [0.5, 0.6) is 0 Å². The summed E-state index contributed by atoms with van der Waals surface area (Å²) in [7, 11) is 0. The Kier molecular flexibility index (Phi) is 7.18. The van der Waals surface area contributed by atoms with Crippen LogP contribution in [0.25, 0.3) is 11.0 Å². The number of aryl methyl sites for hydroxylation is 2. The number of rotatable bonds is 8. The average Bonchev–Trinajstić information content (AvgIpc) is 2.75. The summed E-state index contributed by atoms with van der Waals surface area (Å²) < 4.78 is 6.54. The monoisotopic (exact) mass is 421 g/mol. The summed E-state index contributed by atoms with van der Waals surface area (Å²) in [5.74, 6) is -0.927. The number of carbonyl (C=O) groups excluding carboxylic acids is 2. The van der Waals surface area contributed by atoms with Crippen molar-refractivity contribution in [2.24, 2.45) is 0 Å². The fourth-order valence-corrected chi connectivity index (χ4v) is 3.41. The minimum atomic E-state index is -0.708. The first-order valence-electron chi connectivity index (χ1n) is 10.4. The fraction of sp³-hybridized carbons (Fsp3) is 0.333. The third-order valence-corrected chi connectivity index (χ3v) is 4.99. The van der Waals surface area contributed by atoms with Crippen molar-refractivity contribution in [1.29, 1.82) is 0 Å². The van der Waals surface area contributed by atoms with Gasteiger partial charge in [0.15, 0.2) is 0 Å². The lowest BCUT2D eigenvalue weighted by molar-refractivity contribution is -0.122. The normalized spacial score (nSPS) is 11.8. The molecule has 1 atom stereocenters. The molecule has 2 aromatic heterocycles. The minimum Gasteiger partial charge on any atom is -0.462 e. The Hall–Kier alpha value is -3.48. The average molecular weight is 421 g/mol. The summed E-state index contributed by atoms with van der Waals surface area (Å²) >= 11 is 0. The van der Waals surface area contributed by atoms with Crippen LogP contribution in [0.15, 0.2) is 53.5 Å². The summed E-state index contributed by atoms with van der Waals surface area (Å²) in [5, 5.41) is 3.26. The molecule has 2 heterocycles. The number of amides is 1. The van der Waals surface area contributed by atoms with Gasteiger partial charge in [-0.1, -0.05) is 30.3 Å². The molecule has 0 aliphatic heterocycles. The standard InChI is InChI=1S/C24H27N3O4/c1-4-31-24(30)20-14-27(23-19(22(20)29)13-11-17(3)26-23)15-21(28)25-16(2)10-12-18-8-6-5-7-9-18/h5-9,11,13-14,16H,4,10,12,15H2,1-3H3,(H,25,28)/t16-/m0/s1. The molecule has 0 spiro atoms. The molecule has 7 heteroatoms. The van der Waals surface area contributed by atoms with Crippen molar-refractivity contribution in [3.8, 4) is 0 Å². The molecule has 1 amide bonds. The smallest absolute Gasteiger partial charge is 0.343 e. The molecule has 1 aromatic carbocycles. The van der Waals surface area contributed by atoms with Crippen LogP contribution in [-0.2, 0) is 22.5 Å². The molecule has 0 bridgehead atoms. The number of aromatic nitrogens is 2. The zero-order valence-electron chi connectivity index (χ0n) is 18.1. The van der Waals surface area contributed by atoms with E-state index in [1.54, 1.807) is 26.0 Å². The second kappa shape index (κ2) is 10.0. The lowest BCUT2D eigenvalue weighted by Gasteiger charge is -2.16. The van der Waals surface area contributed by atoms with E-state index in [0.717, 1.165) is 12.8 Å². The van der Waals surface area contributed by atoms with Gasteiger partial charge >= 0.3 is 5.97 Å². The number of ether oxygens (including phenoxy) is 1. The highest BCUT2D eigenvalue weighted by molar-refractivity contribution is 5.93. The first kappa shape index (κ1) is 22.2. The van der Waals surface area contributed by atoms with Gasteiger partial charge in [-0.05, 0) is 51.3 Å². The number of fused-ring (bicyclic) bond motifs is 1. The van der Waals surface area contributed by atoms with Crippen LogP contribution in [0, 0.1) is 6.92 Å². The van der Waals surface area contributed by atoms with Crippen molar-refractivity contribution in [3.63, 3.8) is 0 Å². The molecule has 162 valence electrons. The second-order valence-electron chi connectivity index (χ2n) is 7.54. The second-order valence-corrected chi connectivity index (χ2v) is 7.54. The van der Waals surface area contributed by atoms with Gasteiger partial charge in [-0.25, -0.2) is 9.78 Å². The van der Waals surface area contributed by atoms with Gasteiger partial charge in [0.05, 0.1) is 12.0 Å². The molecule has 0 unspecified atom stereocenters. The zero-order valence-corrected chi connectivity index (χ0v) is 18.1. The van der Waals surface area contributed by atoms with Gasteiger partial charge in [0.2, 0.25) is 11.3 Å². The Balaban J connectivity index is 1.79. The van der Waals surface area contributed by atoms with Crippen molar-refractivity contribution in [2.45, 2.75) is 46.2 Å². The first-order chi connectivity index (χ1) is 14.9. The van der Waals surface area contributed by atoms with Gasteiger partial charge in [-0.3, -0.25) is 9.59 Å². The van der Waals surface area contributed by atoms with Crippen LogP contribution in [0.3, 0.4) is 0 Å². The summed E-state index contributed by atoms with van der Waals surface area (Å²) in [6, 6.07) is 13.4. The van der Waals surface area contributed by atoms with Crippen LogP contribution < -0.4 is 10.7 Å². The maximum atomic E-state index is 12.7. The SMILES string of the molecule is CCOC(=O)c1cn(CC(=O)N[C@@H](C)CCc2ccccc2)c2nc(C)ccc2c1=O. The van der Waals surface area contributed by atoms with E-state index >= 15 is 0 Å². The predicted molar refractivity (Wildman–Crippen MR) is 119 cm³/mol. The summed E-state index contributed by atoms with van der Waals surface area (Å²) in [6.45, 7) is 5.53. The van der Waals surface area contributed by atoms with Crippen LogP contribution in [-0.4, -0.2) is 34.1 Å². The van der Waals surface area contributed by atoms with E-state index < -0.39 is 11.4 Å². The van der Waals surface area contributed by atoms with Gasteiger partial charge in [0.25, 0.3) is 0 Å². The topological polar surface area (TPSA) is 90.3 Å². The maximum absolute atomic E-state index is 12.7. The van der Waals surface area contributed by atoms with E-state index in [-0.39, 0.29) is 36.1 Å². The number of hydrogen-bond donors (Lipinski definition) is 1. The van der Waals surface area contributed by atoms with Crippen LogP contribution in [0.2, 0.25) is 0 Å². The number of esters is 1. The van der Waals surface area contributed by atoms with Gasteiger partial charge in [-0.2, -0.15) is 0 Å². The predicted octanol–water partition coefficient (Wildman–Crippen LogP) is 3.02. The molecule has 0 aliphatic carbocycles. The van der Waals surface area contributed by atoms with E-state index in [1.807, 2.05) is 25.1 Å². The first-order valence-corrected chi connectivity index (χ1v) is 10.4. The molecule has 0 saturated carbocycles. The molecule has 31 heavy (non-hydrogen) atoms. The summed E-state index contributed by atoms with van der Waals surface area (Å²) in [6.07, 6.45) is 3.02. The zero-order chi connectivity index (χ0) is 22.4. The Morgan fingerprint density at radius 1 is 1.16 bits per heavy atom. The molecule has 0 aliphatic rings. The van der Waals surface area contributed by atoms with Crippen molar-refractivity contribution in [1.82, 2.24) is 14.9 Å². The Morgan fingerprint density at radius 3 is 2.61 bits per heavy atom. The number of nitrogens with one attached hydrogen (secondary N) is 1. The maximum Gasteiger partial charge on any atom is 0.343 e. The number of carbonyl (C=O) groups is 2. The molecular weight excluding hydrogens is 394 g/mol. The van der Waals surface area contributed by atoms with E-state index in [4.69, 9.17) is 4.74 Å². The largest absolute Gasteiger partial charge is 0.462 e. The quantitative estimate of drug-likeness (QED) is 0.565.